The van der Waals surface area contributed by atoms with Crippen molar-refractivity contribution < 1.29 is 9.53 Å². The van der Waals surface area contributed by atoms with E-state index in [1.807, 2.05) is 0 Å². The normalized spacial score (nSPS) is 10.8. The van der Waals surface area contributed by atoms with E-state index in [9.17, 15) is 14.4 Å². The number of fused-ring (bicyclic) bond motifs is 1. The second-order valence-electron chi connectivity index (χ2n) is 6.27. The molecule has 0 aliphatic heterocycles. The number of nitrogens with one attached hydrogen (secondary N) is 1. The fourth-order valence-corrected chi connectivity index (χ4v) is 3.09. The molecule has 0 unspecified atom stereocenters. The minimum absolute atomic E-state index is 0.216. The number of aryl methyl sites for hydroxylation is 1. The summed E-state index contributed by atoms with van der Waals surface area (Å²) in [6.45, 7) is 2.83. The Hall–Kier alpha value is -3.06. The van der Waals surface area contributed by atoms with Gasteiger partial charge in [0.15, 0.2) is 0 Å². The van der Waals surface area contributed by atoms with E-state index < -0.39 is 11.1 Å². The smallest absolute Gasteiger partial charge is 0.316 e. The quantitative estimate of drug-likeness (QED) is 0.643. The number of amides is 1. The summed E-state index contributed by atoms with van der Waals surface area (Å²) in [5, 5.41) is 0.581. The number of likely N-dealkylation sites (N-methyl/N-ethyl adjacent to an activating group) is 1. The summed E-state index contributed by atoms with van der Waals surface area (Å²) in [6.07, 6.45) is 0. The van der Waals surface area contributed by atoms with Crippen molar-refractivity contribution in [3.05, 3.63) is 73.8 Å². The van der Waals surface area contributed by atoms with Gasteiger partial charge in [0.05, 0.1) is 17.6 Å². The monoisotopic (exact) mass is 401 g/mol. The first-order valence-electron chi connectivity index (χ1n) is 8.81. The summed E-state index contributed by atoms with van der Waals surface area (Å²) in [5.41, 5.74) is 0.123. The zero-order valence-corrected chi connectivity index (χ0v) is 16.3. The summed E-state index contributed by atoms with van der Waals surface area (Å²) in [7, 11) is 1.67. The molecular weight excluding hydrogens is 382 g/mol. The summed E-state index contributed by atoms with van der Waals surface area (Å²) in [4.78, 5) is 40.5. The van der Waals surface area contributed by atoms with E-state index in [-0.39, 0.29) is 5.91 Å². The summed E-state index contributed by atoms with van der Waals surface area (Å²) in [6, 6.07) is 11.9. The lowest BCUT2D eigenvalue weighted by Gasteiger charge is -2.18. The number of hydrogen-bond acceptors (Lipinski definition) is 4. The number of rotatable bonds is 6. The van der Waals surface area contributed by atoms with Crippen molar-refractivity contribution in [3.63, 3.8) is 0 Å². The molecule has 0 aliphatic carbocycles. The van der Waals surface area contributed by atoms with E-state index >= 15 is 0 Å². The van der Waals surface area contributed by atoms with Gasteiger partial charge >= 0.3 is 11.1 Å². The first-order chi connectivity index (χ1) is 13.4. The van der Waals surface area contributed by atoms with Crippen molar-refractivity contribution >= 4 is 28.5 Å². The van der Waals surface area contributed by atoms with E-state index in [0.29, 0.717) is 47.1 Å². The first kappa shape index (κ1) is 19.7. The van der Waals surface area contributed by atoms with E-state index in [0.717, 1.165) is 0 Å². The second kappa shape index (κ2) is 8.31. The Bertz CT molecular complexity index is 1140. The van der Waals surface area contributed by atoms with Gasteiger partial charge in [0, 0.05) is 24.2 Å². The first-order valence-corrected chi connectivity index (χ1v) is 9.19. The standard InChI is InChI=1S/C20H20ClN3O4/c1-3-24-17-8-7-13(11-16(17)22-18(25)20(24)27)19(26)23(2)9-10-28-15-6-4-5-14(21)12-15/h4-8,11-12H,3,9-10H2,1-2H3,(H,22,25). The van der Waals surface area contributed by atoms with Gasteiger partial charge in [-0.25, -0.2) is 0 Å². The van der Waals surface area contributed by atoms with Crippen LogP contribution in [0.5, 0.6) is 5.75 Å². The number of ether oxygens (including phenoxy) is 1. The van der Waals surface area contributed by atoms with Crippen molar-refractivity contribution in [1.82, 2.24) is 14.5 Å². The van der Waals surface area contributed by atoms with Crippen LogP contribution in [0.1, 0.15) is 17.3 Å². The van der Waals surface area contributed by atoms with Crippen LogP contribution in [0.25, 0.3) is 11.0 Å². The van der Waals surface area contributed by atoms with Gasteiger partial charge in [0.25, 0.3) is 5.91 Å². The predicted octanol–water partition coefficient (Wildman–Crippen LogP) is 2.51. The molecule has 0 fully saturated rings. The van der Waals surface area contributed by atoms with E-state index in [1.165, 1.54) is 9.47 Å². The molecule has 0 saturated heterocycles. The van der Waals surface area contributed by atoms with Crippen molar-refractivity contribution in [2.24, 2.45) is 0 Å². The van der Waals surface area contributed by atoms with Crippen LogP contribution >= 0.6 is 11.6 Å². The van der Waals surface area contributed by atoms with Crippen LogP contribution in [0.15, 0.2) is 52.1 Å². The number of benzene rings is 2. The Morgan fingerprint density at radius 1 is 1.21 bits per heavy atom. The highest BCUT2D eigenvalue weighted by atomic mass is 35.5. The van der Waals surface area contributed by atoms with Gasteiger partial charge in [-0.1, -0.05) is 17.7 Å². The summed E-state index contributed by atoms with van der Waals surface area (Å²) < 4.78 is 6.99. The van der Waals surface area contributed by atoms with Crippen LogP contribution in [0.4, 0.5) is 0 Å². The Morgan fingerprint density at radius 2 is 2.00 bits per heavy atom. The van der Waals surface area contributed by atoms with Gasteiger partial charge in [-0.15, -0.1) is 0 Å². The molecule has 0 radical (unpaired) electrons. The number of H-pyrrole nitrogens is 1. The molecule has 1 amide bonds. The van der Waals surface area contributed by atoms with E-state index in [2.05, 4.69) is 4.98 Å². The predicted molar refractivity (Wildman–Crippen MR) is 108 cm³/mol. The topological polar surface area (TPSA) is 84.4 Å². The maximum atomic E-state index is 12.7. The fourth-order valence-electron chi connectivity index (χ4n) is 2.91. The number of halogens is 1. The molecule has 0 saturated carbocycles. The third kappa shape index (κ3) is 4.09. The lowest BCUT2D eigenvalue weighted by Crippen LogP contribution is -2.36. The molecule has 146 valence electrons. The van der Waals surface area contributed by atoms with Crippen LogP contribution in [0.3, 0.4) is 0 Å². The van der Waals surface area contributed by atoms with E-state index in [1.54, 1.807) is 56.4 Å². The molecule has 1 aromatic heterocycles. The van der Waals surface area contributed by atoms with Crippen molar-refractivity contribution in [3.8, 4) is 5.75 Å². The molecular formula is C20H20ClN3O4. The van der Waals surface area contributed by atoms with Gasteiger partial charge in [-0.3, -0.25) is 14.4 Å². The molecule has 1 N–H and O–H groups in total. The highest BCUT2D eigenvalue weighted by Crippen LogP contribution is 2.17. The Kier molecular flexibility index (Phi) is 5.84. The fraction of sp³-hybridized carbons (Fsp3) is 0.250. The summed E-state index contributed by atoms with van der Waals surface area (Å²) >= 11 is 5.92. The number of aromatic nitrogens is 2. The van der Waals surface area contributed by atoms with Gasteiger partial charge in [-0.2, -0.15) is 0 Å². The Balaban J connectivity index is 1.74. The van der Waals surface area contributed by atoms with Gasteiger partial charge in [-0.05, 0) is 43.3 Å². The average Bonchev–Trinajstić information content (AvgIpc) is 2.68. The Labute approximate surface area is 166 Å². The highest BCUT2D eigenvalue weighted by Gasteiger charge is 2.14. The molecule has 3 aromatic rings. The van der Waals surface area contributed by atoms with Crippen LogP contribution in [0.2, 0.25) is 5.02 Å². The third-order valence-electron chi connectivity index (χ3n) is 4.38. The molecule has 1 heterocycles. The van der Waals surface area contributed by atoms with Crippen LogP contribution < -0.4 is 15.9 Å². The van der Waals surface area contributed by atoms with E-state index in [4.69, 9.17) is 16.3 Å². The largest absolute Gasteiger partial charge is 0.492 e. The molecule has 2 aromatic carbocycles. The van der Waals surface area contributed by atoms with Crippen LogP contribution in [-0.4, -0.2) is 40.6 Å². The van der Waals surface area contributed by atoms with Gasteiger partial charge < -0.3 is 19.2 Å². The molecule has 7 nitrogen and oxygen atoms in total. The molecule has 3 rings (SSSR count). The van der Waals surface area contributed by atoms with Crippen molar-refractivity contribution in [2.75, 3.05) is 20.2 Å². The average molecular weight is 402 g/mol. The lowest BCUT2D eigenvalue weighted by atomic mass is 10.1. The molecule has 0 bridgehead atoms. The SMILES string of the molecule is CCn1c(=O)c(=O)[nH]c2cc(C(=O)N(C)CCOc3cccc(Cl)c3)ccc21. The van der Waals surface area contributed by atoms with Gasteiger partial charge in [0.2, 0.25) is 0 Å². The lowest BCUT2D eigenvalue weighted by molar-refractivity contribution is 0.0774. The summed E-state index contributed by atoms with van der Waals surface area (Å²) in [5.74, 6) is 0.417. The zero-order chi connectivity index (χ0) is 20.3. The molecule has 0 atom stereocenters. The zero-order valence-electron chi connectivity index (χ0n) is 15.6. The minimum atomic E-state index is -0.706. The molecule has 8 heteroatoms. The minimum Gasteiger partial charge on any atom is -0.492 e. The third-order valence-corrected chi connectivity index (χ3v) is 4.61. The number of nitrogens with zero attached hydrogens (tertiary/aromatic N) is 2. The van der Waals surface area contributed by atoms with Crippen molar-refractivity contribution in [2.45, 2.75) is 13.5 Å². The Morgan fingerprint density at radius 3 is 2.71 bits per heavy atom. The van der Waals surface area contributed by atoms with Gasteiger partial charge in [0.1, 0.15) is 12.4 Å². The number of aromatic amines is 1. The molecule has 28 heavy (non-hydrogen) atoms. The van der Waals surface area contributed by atoms with Crippen LogP contribution in [-0.2, 0) is 6.54 Å². The maximum absolute atomic E-state index is 12.7. The van der Waals surface area contributed by atoms with Crippen molar-refractivity contribution in [1.29, 1.82) is 0 Å². The number of carbonyl (C=O) groups excluding carboxylic acids is 1. The highest BCUT2D eigenvalue weighted by molar-refractivity contribution is 6.30. The second-order valence-corrected chi connectivity index (χ2v) is 6.70. The number of hydrogen-bond donors (Lipinski definition) is 1. The van der Waals surface area contributed by atoms with Crippen LogP contribution in [0, 0.1) is 0 Å². The molecule has 0 aliphatic rings. The molecule has 0 spiro atoms. The maximum Gasteiger partial charge on any atom is 0.316 e. The number of carbonyl (C=O) groups is 1.